The van der Waals surface area contributed by atoms with Gasteiger partial charge >= 0.3 is 0 Å². The van der Waals surface area contributed by atoms with Crippen molar-refractivity contribution in [3.63, 3.8) is 0 Å². The Morgan fingerprint density at radius 3 is 2.47 bits per heavy atom. The first-order chi connectivity index (χ1) is 9.00. The average molecular weight is 260 g/mol. The van der Waals surface area contributed by atoms with E-state index >= 15 is 0 Å². The molecule has 0 aliphatic carbocycles. The van der Waals surface area contributed by atoms with Crippen molar-refractivity contribution in [2.24, 2.45) is 5.92 Å². The van der Waals surface area contributed by atoms with E-state index in [4.69, 9.17) is 0 Å². The van der Waals surface area contributed by atoms with Crippen LogP contribution in [-0.2, 0) is 0 Å². The number of rotatable bonds is 3. The predicted molar refractivity (Wildman–Crippen MR) is 84.0 cm³/mol. The summed E-state index contributed by atoms with van der Waals surface area (Å²) in [5.74, 6) is 1.26. The van der Waals surface area contributed by atoms with Gasteiger partial charge in [-0.25, -0.2) is 0 Å². The molecule has 1 fully saturated rings. The van der Waals surface area contributed by atoms with Crippen LogP contribution in [0.5, 0.6) is 0 Å². The number of hydrogen-bond acceptors (Lipinski definition) is 2. The lowest BCUT2D eigenvalue weighted by Crippen LogP contribution is -2.57. The Labute approximate surface area is 118 Å². The Hall–Kier alpha value is -1.02. The van der Waals surface area contributed by atoms with Crippen LogP contribution in [0.25, 0.3) is 0 Å². The largest absolute Gasteiger partial charge is 0.366 e. The second-order valence-electron chi connectivity index (χ2n) is 6.47. The minimum atomic E-state index is 0.565. The lowest BCUT2D eigenvalue weighted by Gasteiger charge is -2.43. The summed E-state index contributed by atoms with van der Waals surface area (Å²) in [6, 6.07) is 10.0. The van der Waals surface area contributed by atoms with Gasteiger partial charge in [0.2, 0.25) is 0 Å². The second kappa shape index (κ2) is 5.96. The van der Waals surface area contributed by atoms with Crippen LogP contribution in [0.15, 0.2) is 24.3 Å². The van der Waals surface area contributed by atoms with Gasteiger partial charge in [-0.2, -0.15) is 0 Å². The molecular formula is C17H28N2. The third-order valence-electron chi connectivity index (χ3n) is 4.27. The first-order valence-corrected chi connectivity index (χ1v) is 7.59. The molecule has 1 aliphatic heterocycles. The smallest absolute Gasteiger partial charge is 0.0404 e. The van der Waals surface area contributed by atoms with E-state index in [-0.39, 0.29) is 0 Å². The van der Waals surface area contributed by atoms with Gasteiger partial charge in [0.1, 0.15) is 0 Å². The van der Waals surface area contributed by atoms with E-state index in [9.17, 15) is 0 Å². The van der Waals surface area contributed by atoms with Gasteiger partial charge in [-0.15, -0.1) is 0 Å². The first kappa shape index (κ1) is 14.4. The molecule has 106 valence electrons. The molecule has 0 radical (unpaired) electrons. The highest BCUT2D eigenvalue weighted by Gasteiger charge is 2.28. The normalized spacial score (nSPS) is 24.3. The van der Waals surface area contributed by atoms with Gasteiger partial charge in [-0.1, -0.05) is 45.9 Å². The molecule has 19 heavy (non-hydrogen) atoms. The van der Waals surface area contributed by atoms with E-state index in [0.717, 1.165) is 13.1 Å². The fraction of sp³-hybridized carbons (Fsp3) is 0.647. The summed E-state index contributed by atoms with van der Waals surface area (Å²) >= 11 is 0. The van der Waals surface area contributed by atoms with Crippen molar-refractivity contribution in [3.05, 3.63) is 29.8 Å². The highest BCUT2D eigenvalue weighted by molar-refractivity contribution is 5.56. The van der Waals surface area contributed by atoms with Gasteiger partial charge in [0.25, 0.3) is 0 Å². The maximum absolute atomic E-state index is 3.68. The summed E-state index contributed by atoms with van der Waals surface area (Å²) in [5, 5.41) is 3.68. The van der Waals surface area contributed by atoms with E-state index in [1.807, 2.05) is 0 Å². The van der Waals surface area contributed by atoms with Crippen molar-refractivity contribution in [1.29, 1.82) is 0 Å². The van der Waals surface area contributed by atoms with Gasteiger partial charge in [0.15, 0.2) is 0 Å². The van der Waals surface area contributed by atoms with Gasteiger partial charge < -0.3 is 10.2 Å². The maximum atomic E-state index is 3.68. The zero-order chi connectivity index (χ0) is 14.0. The number of piperazine rings is 1. The molecule has 0 aromatic heterocycles. The molecule has 1 aliphatic rings. The molecule has 0 saturated carbocycles. The lowest BCUT2D eigenvalue weighted by atomic mass is 9.95. The zero-order valence-corrected chi connectivity index (χ0v) is 13.0. The van der Waals surface area contributed by atoms with Crippen molar-refractivity contribution >= 4 is 5.69 Å². The number of hydrogen-bond donors (Lipinski definition) is 1. The zero-order valence-electron chi connectivity index (χ0n) is 13.0. The number of anilines is 1. The van der Waals surface area contributed by atoms with E-state index in [2.05, 4.69) is 69.1 Å². The fourth-order valence-corrected chi connectivity index (χ4v) is 2.91. The maximum Gasteiger partial charge on any atom is 0.0404 e. The molecule has 0 bridgehead atoms. The van der Waals surface area contributed by atoms with Crippen LogP contribution in [0.4, 0.5) is 5.69 Å². The summed E-state index contributed by atoms with van der Waals surface area (Å²) in [7, 11) is 0. The van der Waals surface area contributed by atoms with Crippen molar-refractivity contribution in [2.75, 3.05) is 18.0 Å². The molecule has 2 unspecified atom stereocenters. The highest BCUT2D eigenvalue weighted by atomic mass is 15.2. The van der Waals surface area contributed by atoms with Gasteiger partial charge in [0.05, 0.1) is 0 Å². The Bertz CT molecular complexity index is 411. The van der Waals surface area contributed by atoms with Crippen molar-refractivity contribution < 1.29 is 0 Å². The van der Waals surface area contributed by atoms with Crippen LogP contribution in [0.3, 0.4) is 0 Å². The SMILES string of the molecule is CC(C)c1ccccc1N1CC(C(C)C)NCC1C. The van der Waals surface area contributed by atoms with Crippen LogP contribution in [-0.4, -0.2) is 25.2 Å². The molecule has 2 rings (SSSR count). The van der Waals surface area contributed by atoms with Gasteiger partial charge in [0, 0.05) is 30.9 Å². The number of nitrogens with one attached hydrogen (secondary N) is 1. The summed E-state index contributed by atoms with van der Waals surface area (Å²) in [5.41, 5.74) is 2.90. The minimum absolute atomic E-state index is 0.565. The molecule has 1 aromatic carbocycles. The fourth-order valence-electron chi connectivity index (χ4n) is 2.91. The molecule has 1 N–H and O–H groups in total. The summed E-state index contributed by atoms with van der Waals surface area (Å²) in [6.07, 6.45) is 0. The lowest BCUT2D eigenvalue weighted by molar-refractivity contribution is 0.336. The second-order valence-corrected chi connectivity index (χ2v) is 6.47. The Morgan fingerprint density at radius 1 is 1.16 bits per heavy atom. The molecule has 0 spiro atoms. The van der Waals surface area contributed by atoms with Gasteiger partial charge in [-0.05, 0) is 30.4 Å². The van der Waals surface area contributed by atoms with Crippen molar-refractivity contribution in [1.82, 2.24) is 5.32 Å². The van der Waals surface area contributed by atoms with Gasteiger partial charge in [-0.3, -0.25) is 0 Å². The molecular weight excluding hydrogens is 232 g/mol. The molecule has 2 heteroatoms. The molecule has 0 amide bonds. The quantitative estimate of drug-likeness (QED) is 0.892. The van der Waals surface area contributed by atoms with E-state index < -0.39 is 0 Å². The minimum Gasteiger partial charge on any atom is -0.366 e. The standard InChI is InChI=1S/C17H28N2/c1-12(2)15-8-6-7-9-17(15)19-11-16(13(3)4)18-10-14(19)5/h6-9,12-14,16,18H,10-11H2,1-5H3. The molecule has 1 heterocycles. The molecule has 2 atom stereocenters. The Kier molecular flexibility index (Phi) is 4.51. The van der Waals surface area contributed by atoms with Crippen molar-refractivity contribution in [3.8, 4) is 0 Å². The summed E-state index contributed by atoms with van der Waals surface area (Å²) in [6.45, 7) is 13.7. The van der Waals surface area contributed by atoms with Crippen LogP contribution in [0, 0.1) is 5.92 Å². The van der Waals surface area contributed by atoms with Crippen LogP contribution >= 0.6 is 0 Å². The number of para-hydroxylation sites is 1. The van der Waals surface area contributed by atoms with Crippen LogP contribution in [0.1, 0.15) is 46.1 Å². The molecule has 2 nitrogen and oxygen atoms in total. The summed E-state index contributed by atoms with van der Waals surface area (Å²) in [4.78, 5) is 2.59. The third-order valence-corrected chi connectivity index (χ3v) is 4.27. The highest BCUT2D eigenvalue weighted by Crippen LogP contribution is 2.30. The van der Waals surface area contributed by atoms with Crippen LogP contribution < -0.4 is 10.2 Å². The Morgan fingerprint density at radius 2 is 1.84 bits per heavy atom. The predicted octanol–water partition coefficient (Wildman–Crippen LogP) is 3.63. The number of nitrogens with zero attached hydrogens (tertiary/aromatic N) is 1. The molecule has 1 aromatic rings. The van der Waals surface area contributed by atoms with E-state index in [0.29, 0.717) is 23.9 Å². The summed E-state index contributed by atoms with van der Waals surface area (Å²) < 4.78 is 0. The first-order valence-electron chi connectivity index (χ1n) is 7.59. The van der Waals surface area contributed by atoms with E-state index in [1.54, 1.807) is 0 Å². The van der Waals surface area contributed by atoms with Crippen LogP contribution in [0.2, 0.25) is 0 Å². The molecule has 1 saturated heterocycles. The Balaban J connectivity index is 2.28. The monoisotopic (exact) mass is 260 g/mol. The van der Waals surface area contributed by atoms with E-state index in [1.165, 1.54) is 11.3 Å². The van der Waals surface area contributed by atoms with Crippen molar-refractivity contribution in [2.45, 2.75) is 52.6 Å². The topological polar surface area (TPSA) is 15.3 Å². The number of benzene rings is 1. The average Bonchev–Trinajstić information content (AvgIpc) is 2.39. The third kappa shape index (κ3) is 3.11.